The van der Waals surface area contributed by atoms with Crippen molar-refractivity contribution in [2.45, 2.75) is 19.9 Å². The Labute approximate surface area is 170 Å². The van der Waals surface area contributed by atoms with E-state index in [-0.39, 0.29) is 35.7 Å². The molecule has 4 rings (SSSR count). The number of rotatable bonds is 2. The van der Waals surface area contributed by atoms with Crippen LogP contribution in [0.4, 0.5) is 21.0 Å². The molecular formula is C21H27FN6O. The Balaban J connectivity index is 1.68. The molecule has 0 unspecified atom stereocenters. The molecule has 8 heteroatoms. The molecule has 0 radical (unpaired) electrons. The summed E-state index contributed by atoms with van der Waals surface area (Å²) in [7, 11) is 3.50. The van der Waals surface area contributed by atoms with E-state index in [2.05, 4.69) is 14.9 Å². The van der Waals surface area contributed by atoms with Gasteiger partial charge in [-0.15, -0.1) is 0 Å². The summed E-state index contributed by atoms with van der Waals surface area (Å²) < 4.78 is 14.0. The summed E-state index contributed by atoms with van der Waals surface area (Å²) in [5, 5.41) is 0. The topological polar surface area (TPSA) is 78.6 Å². The van der Waals surface area contributed by atoms with Gasteiger partial charge in [-0.25, -0.2) is 14.2 Å². The third-order valence-electron chi connectivity index (χ3n) is 6.16. The summed E-state index contributed by atoms with van der Waals surface area (Å²) in [5.74, 6) is 1.31. The monoisotopic (exact) mass is 398 g/mol. The number of fused-ring (bicyclic) bond motifs is 1. The Kier molecular flexibility index (Phi) is 4.80. The molecule has 1 aromatic carbocycles. The number of nitrogens with two attached hydrogens (primary N) is 1. The molecule has 3 atom stereocenters. The maximum Gasteiger partial charge on any atom is 0.320 e. The van der Waals surface area contributed by atoms with Crippen molar-refractivity contribution in [3.63, 3.8) is 0 Å². The lowest BCUT2D eigenvalue weighted by molar-refractivity contribution is 0.159. The van der Waals surface area contributed by atoms with E-state index >= 15 is 0 Å². The van der Waals surface area contributed by atoms with Crippen molar-refractivity contribution in [1.82, 2.24) is 19.8 Å². The quantitative estimate of drug-likeness (QED) is 0.841. The maximum atomic E-state index is 14.0. The zero-order valence-corrected chi connectivity index (χ0v) is 17.3. The molecule has 2 fully saturated rings. The van der Waals surface area contributed by atoms with Crippen molar-refractivity contribution in [1.29, 1.82) is 0 Å². The summed E-state index contributed by atoms with van der Waals surface area (Å²) >= 11 is 0. The van der Waals surface area contributed by atoms with E-state index in [4.69, 9.17) is 5.73 Å². The predicted molar refractivity (Wildman–Crippen MR) is 110 cm³/mol. The normalized spacial score (nSPS) is 23.4. The highest BCUT2D eigenvalue weighted by Crippen LogP contribution is 2.46. The molecule has 1 aromatic heterocycles. The number of likely N-dealkylation sites (tertiary alicyclic amines) is 1. The first-order valence-electron chi connectivity index (χ1n) is 9.85. The van der Waals surface area contributed by atoms with Crippen LogP contribution in [0.15, 0.2) is 24.3 Å². The summed E-state index contributed by atoms with van der Waals surface area (Å²) in [6.07, 6.45) is 0. The van der Waals surface area contributed by atoms with Crippen LogP contribution >= 0.6 is 0 Å². The van der Waals surface area contributed by atoms with Crippen LogP contribution in [-0.2, 0) is 0 Å². The van der Waals surface area contributed by atoms with E-state index in [9.17, 15) is 9.18 Å². The van der Waals surface area contributed by atoms with Gasteiger partial charge in [0.15, 0.2) is 0 Å². The fourth-order valence-electron chi connectivity index (χ4n) is 4.73. The lowest BCUT2D eigenvalue weighted by Gasteiger charge is -2.32. The van der Waals surface area contributed by atoms with Crippen LogP contribution in [0.1, 0.15) is 22.9 Å². The molecular weight excluding hydrogens is 371 g/mol. The van der Waals surface area contributed by atoms with Crippen LogP contribution in [0.3, 0.4) is 0 Å². The van der Waals surface area contributed by atoms with Crippen LogP contribution < -0.4 is 10.6 Å². The lowest BCUT2D eigenvalue weighted by atomic mass is 9.89. The number of aromatic nitrogens is 2. The Hall–Kier alpha value is -2.90. The van der Waals surface area contributed by atoms with Gasteiger partial charge in [0, 0.05) is 56.8 Å². The summed E-state index contributed by atoms with van der Waals surface area (Å²) in [6.45, 7) is 6.09. The summed E-state index contributed by atoms with van der Waals surface area (Å²) in [4.78, 5) is 27.3. The van der Waals surface area contributed by atoms with Gasteiger partial charge in [-0.1, -0.05) is 12.1 Å². The first-order chi connectivity index (χ1) is 13.8. The van der Waals surface area contributed by atoms with Crippen LogP contribution in [0.5, 0.6) is 0 Å². The third-order valence-corrected chi connectivity index (χ3v) is 6.16. The molecule has 0 spiro atoms. The number of nitrogen functional groups attached to an aromatic ring is 1. The molecule has 2 aromatic rings. The number of nitrogens with zero attached hydrogens (tertiary/aromatic N) is 5. The second-order valence-corrected chi connectivity index (χ2v) is 8.27. The molecule has 0 bridgehead atoms. The number of urea groups is 1. The molecule has 29 heavy (non-hydrogen) atoms. The first kappa shape index (κ1) is 19.4. The van der Waals surface area contributed by atoms with Crippen LogP contribution in [0, 0.1) is 31.5 Å². The number of hydrogen-bond acceptors (Lipinski definition) is 5. The summed E-state index contributed by atoms with van der Waals surface area (Å²) in [5.41, 5.74) is 8.62. The average molecular weight is 398 g/mol. The second-order valence-electron chi connectivity index (χ2n) is 8.27. The highest BCUT2D eigenvalue weighted by Gasteiger charge is 2.50. The van der Waals surface area contributed by atoms with Crippen molar-refractivity contribution < 1.29 is 9.18 Å². The van der Waals surface area contributed by atoms with Crippen molar-refractivity contribution in [2.75, 3.05) is 44.4 Å². The average Bonchev–Trinajstić information content (AvgIpc) is 3.21. The second kappa shape index (κ2) is 7.17. The van der Waals surface area contributed by atoms with Gasteiger partial charge in [0.2, 0.25) is 5.95 Å². The van der Waals surface area contributed by atoms with Crippen molar-refractivity contribution in [2.24, 2.45) is 11.8 Å². The SMILES string of the molecule is Cc1nc(N)nc(N2C[C@@H]3CN(C(=O)N(C)C)[C@H](c4cccc(F)c4)[C@@H]3C2)c1C. The zero-order chi connectivity index (χ0) is 20.9. The number of aryl methyl sites for hydroxylation is 1. The van der Waals surface area contributed by atoms with Crippen LogP contribution in [0.25, 0.3) is 0 Å². The van der Waals surface area contributed by atoms with Gasteiger partial charge in [0.25, 0.3) is 0 Å². The zero-order valence-electron chi connectivity index (χ0n) is 17.3. The summed E-state index contributed by atoms with van der Waals surface area (Å²) in [6, 6.07) is 6.39. The molecule has 7 nitrogen and oxygen atoms in total. The molecule has 2 N–H and O–H groups in total. The Morgan fingerprint density at radius 2 is 1.97 bits per heavy atom. The first-order valence-corrected chi connectivity index (χ1v) is 9.85. The minimum Gasteiger partial charge on any atom is -0.368 e. The van der Waals surface area contributed by atoms with E-state index in [1.54, 1.807) is 31.1 Å². The fraction of sp³-hybridized carbons (Fsp3) is 0.476. The molecule has 2 aliphatic rings. The van der Waals surface area contributed by atoms with E-state index < -0.39 is 0 Å². The molecule has 3 heterocycles. The number of carbonyl (C=O) groups is 1. The number of halogens is 1. The largest absolute Gasteiger partial charge is 0.368 e. The molecule has 0 aliphatic carbocycles. The van der Waals surface area contributed by atoms with Gasteiger partial charge >= 0.3 is 6.03 Å². The number of anilines is 2. The molecule has 2 amide bonds. The Bertz CT molecular complexity index is 949. The van der Waals surface area contributed by atoms with Crippen molar-refractivity contribution >= 4 is 17.8 Å². The molecule has 2 aliphatic heterocycles. The molecule has 154 valence electrons. The maximum absolute atomic E-state index is 14.0. The smallest absolute Gasteiger partial charge is 0.320 e. The standard InChI is InChI=1S/C21H27FN6O/c1-12-13(2)24-20(23)25-19(12)27-9-15-10-28(21(29)26(3)4)18(17(15)11-27)14-6-5-7-16(22)8-14/h5-8,15,17-18H,9-11H2,1-4H3,(H2,23,24,25)/t15-,17-,18-/m1/s1. The third kappa shape index (κ3) is 3.36. The number of benzene rings is 1. The minimum absolute atomic E-state index is 0.0430. The molecule has 2 saturated heterocycles. The fourth-order valence-corrected chi connectivity index (χ4v) is 4.73. The van der Waals surface area contributed by atoms with Gasteiger partial charge in [0.05, 0.1) is 6.04 Å². The van der Waals surface area contributed by atoms with Gasteiger partial charge in [0.1, 0.15) is 11.6 Å². The van der Waals surface area contributed by atoms with Crippen molar-refractivity contribution in [3.8, 4) is 0 Å². The molecule has 0 saturated carbocycles. The highest BCUT2D eigenvalue weighted by atomic mass is 19.1. The minimum atomic E-state index is -0.284. The lowest BCUT2D eigenvalue weighted by Crippen LogP contribution is -2.41. The Morgan fingerprint density at radius 1 is 1.21 bits per heavy atom. The number of carbonyl (C=O) groups excluding carboxylic acids is 1. The number of amides is 2. The van der Waals surface area contributed by atoms with Gasteiger partial charge in [-0.2, -0.15) is 4.98 Å². The van der Waals surface area contributed by atoms with Crippen LogP contribution in [0.2, 0.25) is 0 Å². The van der Waals surface area contributed by atoms with Gasteiger partial charge in [-0.3, -0.25) is 0 Å². The van der Waals surface area contributed by atoms with Gasteiger partial charge < -0.3 is 20.4 Å². The van der Waals surface area contributed by atoms with Gasteiger partial charge in [-0.05, 0) is 31.5 Å². The van der Waals surface area contributed by atoms with E-state index in [1.165, 1.54) is 6.07 Å². The van der Waals surface area contributed by atoms with Crippen molar-refractivity contribution in [3.05, 3.63) is 46.9 Å². The Morgan fingerprint density at radius 3 is 2.66 bits per heavy atom. The van der Waals surface area contributed by atoms with E-state index in [0.717, 1.165) is 35.7 Å². The van der Waals surface area contributed by atoms with Crippen LogP contribution in [-0.4, -0.2) is 59.5 Å². The highest BCUT2D eigenvalue weighted by molar-refractivity contribution is 5.75. The van der Waals surface area contributed by atoms with E-state index in [1.807, 2.05) is 24.8 Å². The predicted octanol–water partition coefficient (Wildman–Crippen LogP) is 2.61. The number of hydrogen-bond donors (Lipinski definition) is 1. The van der Waals surface area contributed by atoms with E-state index in [0.29, 0.717) is 6.54 Å².